The van der Waals surface area contributed by atoms with Crippen molar-refractivity contribution < 1.29 is 14.3 Å². The van der Waals surface area contributed by atoms with Gasteiger partial charge in [-0.25, -0.2) is 9.78 Å². The summed E-state index contributed by atoms with van der Waals surface area (Å²) in [6.45, 7) is 3.92. The summed E-state index contributed by atoms with van der Waals surface area (Å²) in [6, 6.07) is 6.94. The van der Waals surface area contributed by atoms with Crippen LogP contribution in [0.1, 0.15) is 26.7 Å². The first kappa shape index (κ1) is 16.0. The highest BCUT2D eigenvalue weighted by atomic mass is 16.3. The number of hydrogen-bond acceptors (Lipinski definition) is 4. The zero-order valence-corrected chi connectivity index (χ0v) is 12.8. The molecule has 1 aromatic heterocycles. The molecule has 1 unspecified atom stereocenters. The van der Waals surface area contributed by atoms with E-state index in [0.717, 1.165) is 12.0 Å². The number of amides is 2. The van der Waals surface area contributed by atoms with Crippen molar-refractivity contribution in [2.45, 2.75) is 32.2 Å². The van der Waals surface area contributed by atoms with Crippen molar-refractivity contribution >= 4 is 11.7 Å². The summed E-state index contributed by atoms with van der Waals surface area (Å²) in [5, 5.41) is 14.7. The molecule has 22 heavy (non-hydrogen) atoms. The number of nitrogens with zero attached hydrogens (tertiary/aromatic N) is 1. The predicted octanol–water partition coefficient (Wildman–Crippen LogP) is 3.01. The van der Waals surface area contributed by atoms with E-state index < -0.39 is 5.54 Å². The highest BCUT2D eigenvalue weighted by molar-refractivity contribution is 5.90. The van der Waals surface area contributed by atoms with Gasteiger partial charge in [0.05, 0.1) is 6.20 Å². The summed E-state index contributed by atoms with van der Waals surface area (Å²) >= 11 is 0. The van der Waals surface area contributed by atoms with Crippen molar-refractivity contribution in [2.24, 2.45) is 0 Å². The molecule has 0 fully saturated rings. The van der Waals surface area contributed by atoms with Crippen LogP contribution in [-0.4, -0.2) is 28.3 Å². The van der Waals surface area contributed by atoms with E-state index in [4.69, 9.17) is 9.52 Å². The Balaban J connectivity index is 1.97. The van der Waals surface area contributed by atoms with E-state index in [-0.39, 0.29) is 12.6 Å². The number of carbonyl (C=O) groups excluding carboxylic acids is 1. The van der Waals surface area contributed by atoms with Gasteiger partial charge in [0, 0.05) is 23.4 Å². The van der Waals surface area contributed by atoms with Crippen molar-refractivity contribution in [1.29, 1.82) is 0 Å². The maximum atomic E-state index is 12.0. The van der Waals surface area contributed by atoms with Crippen molar-refractivity contribution in [3.63, 3.8) is 0 Å². The second-order valence-electron chi connectivity index (χ2n) is 5.38. The Labute approximate surface area is 129 Å². The minimum atomic E-state index is -0.420. The van der Waals surface area contributed by atoms with Crippen molar-refractivity contribution in [1.82, 2.24) is 10.3 Å². The van der Waals surface area contributed by atoms with Gasteiger partial charge in [-0.05, 0) is 44.0 Å². The molecule has 0 radical (unpaired) electrons. The van der Waals surface area contributed by atoms with Crippen LogP contribution in [-0.2, 0) is 0 Å². The maximum absolute atomic E-state index is 12.0. The SMILES string of the molecule is CCC(C)(CCO)NC(=O)Nc1ccc(-c2ncco2)cc1. The van der Waals surface area contributed by atoms with E-state index in [1.807, 2.05) is 26.0 Å². The number of carbonyl (C=O) groups is 1. The van der Waals surface area contributed by atoms with Crippen LogP contribution in [0, 0.1) is 0 Å². The number of oxazole rings is 1. The van der Waals surface area contributed by atoms with Gasteiger partial charge in [0.1, 0.15) is 6.26 Å². The van der Waals surface area contributed by atoms with E-state index >= 15 is 0 Å². The lowest BCUT2D eigenvalue weighted by Crippen LogP contribution is -2.48. The summed E-state index contributed by atoms with van der Waals surface area (Å²) in [5.41, 5.74) is 1.10. The molecule has 0 aliphatic carbocycles. The lowest BCUT2D eigenvalue weighted by Gasteiger charge is -2.29. The highest BCUT2D eigenvalue weighted by Gasteiger charge is 2.23. The van der Waals surface area contributed by atoms with E-state index in [1.165, 1.54) is 6.26 Å². The van der Waals surface area contributed by atoms with E-state index in [0.29, 0.717) is 18.0 Å². The van der Waals surface area contributed by atoms with Crippen LogP contribution in [0.25, 0.3) is 11.5 Å². The van der Waals surface area contributed by atoms with Crippen molar-refractivity contribution in [2.75, 3.05) is 11.9 Å². The monoisotopic (exact) mass is 303 g/mol. The second kappa shape index (κ2) is 7.09. The molecule has 3 N–H and O–H groups in total. The first-order valence-corrected chi connectivity index (χ1v) is 7.26. The molecule has 0 saturated carbocycles. The Hall–Kier alpha value is -2.34. The molecule has 0 aliphatic heterocycles. The van der Waals surface area contributed by atoms with Gasteiger partial charge in [0.15, 0.2) is 0 Å². The molecule has 0 saturated heterocycles. The molecular weight excluding hydrogens is 282 g/mol. The second-order valence-corrected chi connectivity index (χ2v) is 5.38. The van der Waals surface area contributed by atoms with Crippen LogP contribution < -0.4 is 10.6 Å². The van der Waals surface area contributed by atoms with Crippen molar-refractivity contribution in [3.05, 3.63) is 36.7 Å². The maximum Gasteiger partial charge on any atom is 0.319 e. The minimum absolute atomic E-state index is 0.0372. The van der Waals surface area contributed by atoms with Crippen molar-refractivity contribution in [3.8, 4) is 11.5 Å². The summed E-state index contributed by atoms with van der Waals surface area (Å²) < 4.78 is 5.21. The first-order chi connectivity index (χ1) is 10.6. The van der Waals surface area contributed by atoms with Crippen LogP contribution in [0.2, 0.25) is 0 Å². The molecule has 2 amide bonds. The summed E-state index contributed by atoms with van der Waals surface area (Å²) in [5.74, 6) is 0.539. The molecule has 0 bridgehead atoms. The molecule has 1 aromatic carbocycles. The number of benzene rings is 1. The molecular formula is C16H21N3O3. The van der Waals surface area contributed by atoms with Gasteiger partial charge < -0.3 is 20.2 Å². The van der Waals surface area contributed by atoms with Gasteiger partial charge in [0.25, 0.3) is 0 Å². The largest absolute Gasteiger partial charge is 0.445 e. The molecule has 6 heteroatoms. The number of hydrogen-bond donors (Lipinski definition) is 3. The van der Waals surface area contributed by atoms with Gasteiger partial charge in [-0.2, -0.15) is 0 Å². The fourth-order valence-electron chi connectivity index (χ4n) is 2.07. The molecule has 1 atom stereocenters. The number of aliphatic hydroxyl groups is 1. The zero-order chi connectivity index (χ0) is 16.0. The Morgan fingerprint density at radius 2 is 2.09 bits per heavy atom. The number of nitrogens with one attached hydrogen (secondary N) is 2. The smallest absolute Gasteiger partial charge is 0.319 e. The van der Waals surface area contributed by atoms with Gasteiger partial charge in [0.2, 0.25) is 5.89 Å². The topological polar surface area (TPSA) is 87.4 Å². The Morgan fingerprint density at radius 1 is 1.36 bits per heavy atom. The molecule has 6 nitrogen and oxygen atoms in total. The average molecular weight is 303 g/mol. The van der Waals surface area contributed by atoms with Crippen LogP contribution in [0.3, 0.4) is 0 Å². The van der Waals surface area contributed by atoms with Crippen LogP contribution in [0.15, 0.2) is 41.1 Å². The Kier molecular flexibility index (Phi) is 5.16. The first-order valence-electron chi connectivity index (χ1n) is 7.26. The lowest BCUT2D eigenvalue weighted by atomic mass is 9.95. The number of anilines is 1. The molecule has 2 rings (SSSR count). The van der Waals surface area contributed by atoms with Gasteiger partial charge in [-0.3, -0.25) is 0 Å². The molecule has 118 valence electrons. The molecule has 0 aliphatic rings. The number of aromatic nitrogens is 1. The lowest BCUT2D eigenvalue weighted by molar-refractivity contribution is 0.208. The van der Waals surface area contributed by atoms with Gasteiger partial charge in [-0.1, -0.05) is 6.92 Å². The predicted molar refractivity (Wildman–Crippen MR) is 84.5 cm³/mol. The third kappa shape index (κ3) is 4.08. The Morgan fingerprint density at radius 3 is 2.64 bits per heavy atom. The fraction of sp³-hybridized carbons (Fsp3) is 0.375. The van der Waals surface area contributed by atoms with Gasteiger partial charge in [-0.15, -0.1) is 0 Å². The normalized spacial score (nSPS) is 13.4. The third-order valence-electron chi connectivity index (χ3n) is 3.68. The van der Waals surface area contributed by atoms with Crippen LogP contribution >= 0.6 is 0 Å². The standard InChI is InChI=1S/C16H21N3O3/c1-3-16(2,8-10-20)19-15(21)18-13-6-4-12(5-7-13)14-17-9-11-22-14/h4-7,9,11,20H,3,8,10H2,1-2H3,(H2,18,19,21). The highest BCUT2D eigenvalue weighted by Crippen LogP contribution is 2.20. The molecule has 1 heterocycles. The van der Waals surface area contributed by atoms with Crippen LogP contribution in [0.4, 0.5) is 10.5 Å². The summed E-state index contributed by atoms with van der Waals surface area (Å²) in [4.78, 5) is 16.1. The van der Waals surface area contributed by atoms with E-state index in [1.54, 1.807) is 18.3 Å². The summed E-state index contributed by atoms with van der Waals surface area (Å²) in [7, 11) is 0. The minimum Gasteiger partial charge on any atom is -0.445 e. The number of urea groups is 1. The van der Waals surface area contributed by atoms with E-state index in [9.17, 15) is 4.79 Å². The fourth-order valence-corrected chi connectivity index (χ4v) is 2.07. The van der Waals surface area contributed by atoms with Gasteiger partial charge >= 0.3 is 6.03 Å². The average Bonchev–Trinajstić information content (AvgIpc) is 3.02. The van der Waals surface area contributed by atoms with Crippen LogP contribution in [0.5, 0.6) is 0 Å². The zero-order valence-electron chi connectivity index (χ0n) is 12.8. The number of rotatable bonds is 6. The Bertz CT molecular complexity index is 596. The molecule has 0 spiro atoms. The third-order valence-corrected chi connectivity index (χ3v) is 3.68. The number of aliphatic hydroxyl groups excluding tert-OH is 1. The summed E-state index contributed by atoms with van der Waals surface area (Å²) in [6.07, 6.45) is 4.35. The van der Waals surface area contributed by atoms with E-state index in [2.05, 4.69) is 15.6 Å². The quantitative estimate of drug-likeness (QED) is 0.765. The molecule has 2 aromatic rings.